The second-order valence-corrected chi connectivity index (χ2v) is 4.28. The van der Waals surface area contributed by atoms with E-state index in [1.807, 2.05) is 0 Å². The molecule has 0 aliphatic carbocycles. The number of nitrogens with zero attached hydrogens (tertiary/aromatic N) is 2. The first kappa shape index (κ1) is 9.71. The lowest BCUT2D eigenvalue weighted by Gasteiger charge is -2.00. The van der Waals surface area contributed by atoms with Crippen molar-refractivity contribution >= 4 is 21.4 Å². The van der Waals surface area contributed by atoms with Crippen LogP contribution in [-0.2, 0) is 6.42 Å². The summed E-state index contributed by atoms with van der Waals surface area (Å²) in [5, 5.41) is 0. The third-order valence-corrected chi connectivity index (χ3v) is 2.87. The molecule has 0 amide bonds. The largest absolute Gasteiger partial charge is 0.302 e. The Morgan fingerprint density at radius 2 is 2.21 bits per heavy atom. The Kier molecular flexibility index (Phi) is 2.59. The molecule has 0 spiro atoms. The molecule has 0 saturated carbocycles. The third kappa shape index (κ3) is 1.57. The maximum atomic E-state index is 4.50. The first-order valence-electron chi connectivity index (χ1n) is 4.85. The van der Waals surface area contributed by atoms with Crippen molar-refractivity contribution in [3.05, 3.63) is 34.3 Å². The summed E-state index contributed by atoms with van der Waals surface area (Å²) in [6.07, 6.45) is 4.29. The van der Waals surface area contributed by atoms with Gasteiger partial charge in [0.05, 0.1) is 5.52 Å². The Morgan fingerprint density at radius 1 is 1.43 bits per heavy atom. The minimum Gasteiger partial charge on any atom is -0.302 e. The molecule has 0 aromatic carbocycles. The van der Waals surface area contributed by atoms with Crippen LogP contribution in [-0.4, -0.2) is 9.38 Å². The summed E-state index contributed by atoms with van der Waals surface area (Å²) in [5.41, 5.74) is 2.42. The van der Waals surface area contributed by atoms with Gasteiger partial charge in [-0.3, -0.25) is 0 Å². The van der Waals surface area contributed by atoms with Crippen molar-refractivity contribution in [2.75, 3.05) is 0 Å². The zero-order valence-corrected chi connectivity index (χ0v) is 10.0. The predicted octanol–water partition coefficient (Wildman–Crippen LogP) is 3.36. The fraction of sp³-hybridized carbons (Fsp3) is 0.364. The van der Waals surface area contributed by atoms with Crippen LogP contribution in [0, 0.1) is 6.92 Å². The molecule has 0 unspecified atom stereocenters. The van der Waals surface area contributed by atoms with Crippen LogP contribution < -0.4 is 0 Å². The highest BCUT2D eigenvalue weighted by atomic mass is 79.9. The number of aryl methyl sites for hydroxylation is 2. The highest BCUT2D eigenvalue weighted by molar-refractivity contribution is 9.10. The summed E-state index contributed by atoms with van der Waals surface area (Å²) in [6, 6.07) is 4.21. The van der Waals surface area contributed by atoms with E-state index in [1.165, 1.54) is 5.56 Å². The van der Waals surface area contributed by atoms with Gasteiger partial charge in [0.1, 0.15) is 10.4 Å². The van der Waals surface area contributed by atoms with Crippen LogP contribution >= 0.6 is 15.9 Å². The fourth-order valence-electron chi connectivity index (χ4n) is 1.61. The van der Waals surface area contributed by atoms with Crippen LogP contribution in [0.15, 0.2) is 22.9 Å². The Morgan fingerprint density at radius 3 is 2.93 bits per heavy atom. The van der Waals surface area contributed by atoms with E-state index in [9.17, 15) is 0 Å². The van der Waals surface area contributed by atoms with Gasteiger partial charge in [-0.15, -0.1) is 0 Å². The van der Waals surface area contributed by atoms with Crippen molar-refractivity contribution in [3.63, 3.8) is 0 Å². The molecule has 3 heteroatoms. The molecule has 2 heterocycles. The van der Waals surface area contributed by atoms with Gasteiger partial charge in [0, 0.05) is 12.6 Å². The first-order chi connectivity index (χ1) is 6.72. The van der Waals surface area contributed by atoms with Gasteiger partial charge in [-0.1, -0.05) is 13.0 Å². The zero-order chi connectivity index (χ0) is 10.1. The number of imidazole rings is 1. The topological polar surface area (TPSA) is 17.3 Å². The van der Waals surface area contributed by atoms with Crippen molar-refractivity contribution in [2.24, 2.45) is 0 Å². The van der Waals surface area contributed by atoms with E-state index in [0.29, 0.717) is 0 Å². The Balaban J connectivity index is 2.66. The van der Waals surface area contributed by atoms with Gasteiger partial charge in [-0.25, -0.2) is 4.98 Å². The first-order valence-corrected chi connectivity index (χ1v) is 5.64. The van der Waals surface area contributed by atoms with Gasteiger partial charge in [0.25, 0.3) is 0 Å². The Hall–Kier alpha value is -0.830. The van der Waals surface area contributed by atoms with Gasteiger partial charge >= 0.3 is 0 Å². The summed E-state index contributed by atoms with van der Waals surface area (Å²) in [6.45, 7) is 4.27. The Bertz CT molecular complexity index is 460. The molecular weight excluding hydrogens is 240 g/mol. The summed E-state index contributed by atoms with van der Waals surface area (Å²) in [7, 11) is 0. The van der Waals surface area contributed by atoms with E-state index < -0.39 is 0 Å². The quantitative estimate of drug-likeness (QED) is 0.802. The summed E-state index contributed by atoms with van der Waals surface area (Å²) >= 11 is 3.48. The van der Waals surface area contributed by atoms with E-state index in [-0.39, 0.29) is 0 Å². The molecule has 74 valence electrons. The SMILES string of the molecule is CCCc1nc(Br)c2ccc(C)cn12. The van der Waals surface area contributed by atoms with Crippen molar-refractivity contribution in [1.29, 1.82) is 0 Å². The molecule has 0 bridgehead atoms. The average Bonchev–Trinajstić information content (AvgIpc) is 2.44. The maximum Gasteiger partial charge on any atom is 0.132 e. The zero-order valence-electron chi connectivity index (χ0n) is 8.42. The van der Waals surface area contributed by atoms with Crippen LogP contribution in [0.5, 0.6) is 0 Å². The number of aromatic nitrogens is 2. The molecule has 0 saturated heterocycles. The molecule has 0 N–H and O–H groups in total. The normalized spacial score (nSPS) is 11.1. The number of halogens is 1. The van der Waals surface area contributed by atoms with Crippen LogP contribution in [0.4, 0.5) is 0 Å². The van der Waals surface area contributed by atoms with Gasteiger partial charge in [0.2, 0.25) is 0 Å². The number of hydrogen-bond donors (Lipinski definition) is 0. The van der Waals surface area contributed by atoms with Gasteiger partial charge in [-0.2, -0.15) is 0 Å². The predicted molar refractivity (Wildman–Crippen MR) is 61.6 cm³/mol. The highest BCUT2D eigenvalue weighted by Crippen LogP contribution is 2.20. The van der Waals surface area contributed by atoms with Crippen molar-refractivity contribution in [2.45, 2.75) is 26.7 Å². The van der Waals surface area contributed by atoms with Crippen LogP contribution in [0.1, 0.15) is 24.7 Å². The van der Waals surface area contributed by atoms with Crippen molar-refractivity contribution in [1.82, 2.24) is 9.38 Å². The number of hydrogen-bond acceptors (Lipinski definition) is 1. The smallest absolute Gasteiger partial charge is 0.132 e. The van der Waals surface area contributed by atoms with Gasteiger partial charge in [-0.05, 0) is 40.9 Å². The summed E-state index contributed by atoms with van der Waals surface area (Å²) in [4.78, 5) is 4.50. The van der Waals surface area contributed by atoms with E-state index in [4.69, 9.17) is 0 Å². The third-order valence-electron chi connectivity index (χ3n) is 2.29. The van der Waals surface area contributed by atoms with E-state index in [2.05, 4.69) is 57.5 Å². The van der Waals surface area contributed by atoms with E-state index in [1.54, 1.807) is 0 Å². The molecule has 14 heavy (non-hydrogen) atoms. The number of rotatable bonds is 2. The van der Waals surface area contributed by atoms with Crippen molar-refractivity contribution < 1.29 is 0 Å². The van der Waals surface area contributed by atoms with Crippen LogP contribution in [0.3, 0.4) is 0 Å². The fourth-order valence-corrected chi connectivity index (χ4v) is 2.14. The lowest BCUT2D eigenvalue weighted by atomic mass is 10.3. The van der Waals surface area contributed by atoms with E-state index >= 15 is 0 Å². The second-order valence-electron chi connectivity index (χ2n) is 3.53. The molecule has 2 rings (SSSR count). The van der Waals surface area contributed by atoms with E-state index in [0.717, 1.165) is 28.8 Å². The maximum absolute atomic E-state index is 4.50. The second kappa shape index (κ2) is 3.73. The summed E-state index contributed by atoms with van der Waals surface area (Å²) < 4.78 is 3.11. The molecule has 0 aliphatic rings. The molecule has 0 aliphatic heterocycles. The molecule has 0 radical (unpaired) electrons. The van der Waals surface area contributed by atoms with Gasteiger partial charge < -0.3 is 4.40 Å². The summed E-state index contributed by atoms with van der Waals surface area (Å²) in [5.74, 6) is 1.14. The Labute approximate surface area is 92.1 Å². The monoisotopic (exact) mass is 252 g/mol. The molecule has 0 atom stereocenters. The van der Waals surface area contributed by atoms with Crippen LogP contribution in [0.2, 0.25) is 0 Å². The molecule has 2 aromatic heterocycles. The van der Waals surface area contributed by atoms with Crippen LogP contribution in [0.25, 0.3) is 5.52 Å². The highest BCUT2D eigenvalue weighted by Gasteiger charge is 2.07. The minimum atomic E-state index is 0.945. The average molecular weight is 253 g/mol. The van der Waals surface area contributed by atoms with Gasteiger partial charge in [0.15, 0.2) is 0 Å². The van der Waals surface area contributed by atoms with Crippen molar-refractivity contribution in [3.8, 4) is 0 Å². The molecular formula is C11H13BrN2. The molecule has 2 nitrogen and oxygen atoms in total. The standard InChI is InChI=1S/C11H13BrN2/c1-3-4-10-13-11(12)9-6-5-8(2)7-14(9)10/h5-7H,3-4H2,1-2H3. The molecule has 0 fully saturated rings. The lowest BCUT2D eigenvalue weighted by Crippen LogP contribution is -1.94. The molecule has 2 aromatic rings. The number of fused-ring (bicyclic) bond motifs is 1. The lowest BCUT2D eigenvalue weighted by molar-refractivity contribution is 0.828. The number of pyridine rings is 1. The minimum absolute atomic E-state index is 0.945.